The van der Waals surface area contributed by atoms with Gasteiger partial charge in [0.25, 0.3) is 0 Å². The van der Waals surface area contributed by atoms with Crippen LogP contribution in [0.25, 0.3) is 0 Å². The van der Waals surface area contributed by atoms with E-state index in [1.54, 1.807) is 5.01 Å². The molecule has 1 aliphatic rings. The highest BCUT2D eigenvalue weighted by Gasteiger charge is 2.22. The molecule has 0 spiro atoms. The molecule has 1 aromatic rings. The van der Waals surface area contributed by atoms with Gasteiger partial charge in [0, 0.05) is 5.71 Å². The molecule has 1 aromatic carbocycles. The van der Waals surface area contributed by atoms with E-state index in [9.17, 15) is 4.79 Å². The van der Waals surface area contributed by atoms with E-state index < -0.39 is 0 Å². The SMILES string of the molecule is CCC1=NN(Cc2ccccc2C)C(=O)C1. The number of hydrazone groups is 1. The maximum atomic E-state index is 11.7. The summed E-state index contributed by atoms with van der Waals surface area (Å²) in [5.74, 6) is 0.111. The number of amides is 1. The second kappa shape index (κ2) is 4.47. The molecular weight excluding hydrogens is 200 g/mol. The zero-order valence-electron chi connectivity index (χ0n) is 9.73. The Balaban J connectivity index is 2.14. The van der Waals surface area contributed by atoms with Crippen molar-refractivity contribution in [1.29, 1.82) is 0 Å². The summed E-state index contributed by atoms with van der Waals surface area (Å²) in [4.78, 5) is 11.7. The Morgan fingerprint density at radius 2 is 2.12 bits per heavy atom. The second-order valence-electron chi connectivity index (χ2n) is 4.07. The molecule has 0 bridgehead atoms. The summed E-state index contributed by atoms with van der Waals surface area (Å²) in [6.45, 7) is 4.68. The Morgan fingerprint density at radius 1 is 1.38 bits per heavy atom. The molecule has 16 heavy (non-hydrogen) atoms. The third-order valence-electron chi connectivity index (χ3n) is 2.89. The molecule has 1 heterocycles. The number of benzene rings is 1. The molecule has 0 fully saturated rings. The lowest BCUT2D eigenvalue weighted by Gasteiger charge is -2.13. The molecule has 1 aliphatic heterocycles. The second-order valence-corrected chi connectivity index (χ2v) is 4.07. The summed E-state index contributed by atoms with van der Waals surface area (Å²) in [5.41, 5.74) is 3.35. The maximum absolute atomic E-state index is 11.7. The lowest BCUT2D eigenvalue weighted by Crippen LogP contribution is -2.20. The van der Waals surface area contributed by atoms with Crippen LogP contribution in [-0.4, -0.2) is 16.6 Å². The lowest BCUT2D eigenvalue weighted by atomic mass is 10.1. The van der Waals surface area contributed by atoms with Crippen LogP contribution in [0.4, 0.5) is 0 Å². The van der Waals surface area contributed by atoms with Gasteiger partial charge in [-0.05, 0) is 24.5 Å². The van der Waals surface area contributed by atoms with Gasteiger partial charge in [0.05, 0.1) is 13.0 Å². The fourth-order valence-electron chi connectivity index (χ4n) is 1.80. The number of hydrogen-bond donors (Lipinski definition) is 0. The Labute approximate surface area is 95.8 Å². The van der Waals surface area contributed by atoms with Crippen LogP contribution in [0.2, 0.25) is 0 Å². The predicted octanol–water partition coefficient (Wildman–Crippen LogP) is 2.49. The summed E-state index contributed by atoms with van der Waals surface area (Å²) >= 11 is 0. The van der Waals surface area contributed by atoms with E-state index in [0.717, 1.165) is 17.7 Å². The van der Waals surface area contributed by atoms with Crippen LogP contribution in [-0.2, 0) is 11.3 Å². The maximum Gasteiger partial charge on any atom is 0.248 e. The third-order valence-corrected chi connectivity index (χ3v) is 2.89. The van der Waals surface area contributed by atoms with Gasteiger partial charge in [0.1, 0.15) is 0 Å². The molecule has 0 N–H and O–H groups in total. The average Bonchev–Trinajstić information content (AvgIpc) is 2.63. The van der Waals surface area contributed by atoms with Crippen LogP contribution in [0.15, 0.2) is 29.4 Å². The van der Waals surface area contributed by atoms with Crippen LogP contribution in [0.5, 0.6) is 0 Å². The molecule has 0 saturated heterocycles. The number of carbonyl (C=O) groups excluding carboxylic acids is 1. The number of hydrogen-bond acceptors (Lipinski definition) is 2. The summed E-state index contributed by atoms with van der Waals surface area (Å²) in [5, 5.41) is 5.91. The van der Waals surface area contributed by atoms with Crippen molar-refractivity contribution in [2.24, 2.45) is 5.10 Å². The molecule has 0 atom stereocenters. The van der Waals surface area contributed by atoms with Crippen molar-refractivity contribution in [3.63, 3.8) is 0 Å². The van der Waals surface area contributed by atoms with Crippen LogP contribution in [0, 0.1) is 6.92 Å². The average molecular weight is 216 g/mol. The molecule has 0 aromatic heterocycles. The zero-order valence-corrected chi connectivity index (χ0v) is 9.73. The molecule has 0 unspecified atom stereocenters. The normalized spacial score (nSPS) is 15.5. The number of rotatable bonds is 3. The molecule has 0 aliphatic carbocycles. The summed E-state index contributed by atoms with van der Waals surface area (Å²) < 4.78 is 0. The van der Waals surface area contributed by atoms with Crippen molar-refractivity contribution >= 4 is 11.6 Å². The van der Waals surface area contributed by atoms with E-state index in [2.05, 4.69) is 18.1 Å². The van der Waals surface area contributed by atoms with E-state index in [-0.39, 0.29) is 5.91 Å². The van der Waals surface area contributed by atoms with E-state index in [4.69, 9.17) is 0 Å². The minimum absolute atomic E-state index is 0.111. The van der Waals surface area contributed by atoms with Crippen LogP contribution < -0.4 is 0 Å². The molecule has 0 saturated carbocycles. The highest BCUT2D eigenvalue weighted by atomic mass is 16.2. The van der Waals surface area contributed by atoms with Gasteiger partial charge in [-0.3, -0.25) is 4.79 Å². The highest BCUT2D eigenvalue weighted by Crippen LogP contribution is 2.16. The first-order valence-electron chi connectivity index (χ1n) is 5.62. The van der Waals surface area contributed by atoms with Crippen molar-refractivity contribution in [2.75, 3.05) is 0 Å². The van der Waals surface area contributed by atoms with Crippen LogP contribution in [0.3, 0.4) is 0 Å². The minimum atomic E-state index is 0.111. The largest absolute Gasteiger partial charge is 0.273 e. The van der Waals surface area contributed by atoms with Crippen molar-refractivity contribution < 1.29 is 4.79 Å². The number of nitrogens with zero attached hydrogens (tertiary/aromatic N) is 2. The van der Waals surface area contributed by atoms with Gasteiger partial charge in [-0.2, -0.15) is 5.10 Å². The van der Waals surface area contributed by atoms with Gasteiger partial charge in [-0.25, -0.2) is 5.01 Å². The number of aryl methyl sites for hydroxylation is 1. The smallest absolute Gasteiger partial charge is 0.248 e. The fourth-order valence-corrected chi connectivity index (χ4v) is 1.80. The first-order chi connectivity index (χ1) is 7.70. The van der Waals surface area contributed by atoms with Gasteiger partial charge in [0.2, 0.25) is 5.91 Å². The van der Waals surface area contributed by atoms with E-state index >= 15 is 0 Å². The Hall–Kier alpha value is -1.64. The van der Waals surface area contributed by atoms with Crippen molar-refractivity contribution in [2.45, 2.75) is 33.2 Å². The molecule has 1 amide bonds. The van der Waals surface area contributed by atoms with Gasteiger partial charge in [0.15, 0.2) is 0 Å². The quantitative estimate of drug-likeness (QED) is 0.764. The van der Waals surface area contributed by atoms with Crippen molar-refractivity contribution in [1.82, 2.24) is 5.01 Å². The predicted molar refractivity (Wildman–Crippen MR) is 64.1 cm³/mol. The molecule has 3 heteroatoms. The lowest BCUT2D eigenvalue weighted by molar-refractivity contribution is -0.129. The van der Waals surface area contributed by atoms with Gasteiger partial charge >= 0.3 is 0 Å². The summed E-state index contributed by atoms with van der Waals surface area (Å²) in [6.07, 6.45) is 1.35. The van der Waals surface area contributed by atoms with E-state index in [1.165, 1.54) is 5.56 Å². The Kier molecular flexibility index (Phi) is 3.04. The third kappa shape index (κ3) is 2.13. The number of carbonyl (C=O) groups is 1. The van der Waals surface area contributed by atoms with Gasteiger partial charge < -0.3 is 0 Å². The summed E-state index contributed by atoms with van der Waals surface area (Å²) in [7, 11) is 0. The first kappa shape index (κ1) is 10.9. The molecule has 84 valence electrons. The molecule has 2 rings (SSSR count). The van der Waals surface area contributed by atoms with Gasteiger partial charge in [-0.15, -0.1) is 0 Å². The van der Waals surface area contributed by atoms with Crippen LogP contribution in [0.1, 0.15) is 30.9 Å². The minimum Gasteiger partial charge on any atom is -0.273 e. The summed E-state index contributed by atoms with van der Waals surface area (Å²) in [6, 6.07) is 8.10. The highest BCUT2D eigenvalue weighted by molar-refractivity contribution is 6.04. The molecule has 0 radical (unpaired) electrons. The fraction of sp³-hybridized carbons (Fsp3) is 0.385. The molecular formula is C13H16N2O. The van der Waals surface area contributed by atoms with Crippen LogP contribution >= 0.6 is 0 Å². The van der Waals surface area contributed by atoms with Crippen molar-refractivity contribution in [3.8, 4) is 0 Å². The topological polar surface area (TPSA) is 32.7 Å². The zero-order chi connectivity index (χ0) is 11.5. The Bertz CT molecular complexity index is 437. The monoisotopic (exact) mass is 216 g/mol. The van der Waals surface area contributed by atoms with Crippen molar-refractivity contribution in [3.05, 3.63) is 35.4 Å². The van der Waals surface area contributed by atoms with Gasteiger partial charge in [-0.1, -0.05) is 31.2 Å². The standard InChI is InChI=1S/C13H16N2O/c1-3-12-8-13(16)15(14-12)9-11-7-5-4-6-10(11)2/h4-7H,3,8-9H2,1-2H3. The Morgan fingerprint density at radius 3 is 2.75 bits per heavy atom. The molecule has 3 nitrogen and oxygen atoms in total. The van der Waals surface area contributed by atoms with E-state index in [1.807, 2.05) is 25.1 Å². The first-order valence-corrected chi connectivity index (χ1v) is 5.62. The van der Waals surface area contributed by atoms with E-state index in [0.29, 0.717) is 13.0 Å².